The van der Waals surface area contributed by atoms with Crippen molar-refractivity contribution in [2.24, 2.45) is 0 Å². The van der Waals surface area contributed by atoms with Crippen molar-refractivity contribution in [1.82, 2.24) is 19.7 Å². The van der Waals surface area contributed by atoms with Crippen molar-refractivity contribution in [2.75, 3.05) is 11.9 Å². The van der Waals surface area contributed by atoms with E-state index in [9.17, 15) is 0 Å². The van der Waals surface area contributed by atoms with Crippen LogP contribution in [0.15, 0.2) is 30.5 Å². The van der Waals surface area contributed by atoms with Gasteiger partial charge in [-0.15, -0.1) is 0 Å². The van der Waals surface area contributed by atoms with Gasteiger partial charge in [-0.05, 0) is 36.7 Å². The minimum atomic E-state index is -1.07. The SMILES string of the molecule is Cc1ccc2nc(Cl)nc(Nc3ccn(COCC[Si](C)(C)C)n3)c2c1. The maximum absolute atomic E-state index is 6.05. The Hall–Kier alpha value is -1.96. The van der Waals surface area contributed by atoms with E-state index in [2.05, 4.69) is 40.0 Å². The second-order valence-electron chi connectivity index (χ2n) is 7.58. The van der Waals surface area contributed by atoms with E-state index in [4.69, 9.17) is 16.3 Å². The van der Waals surface area contributed by atoms with E-state index in [1.54, 1.807) is 4.68 Å². The summed E-state index contributed by atoms with van der Waals surface area (Å²) in [5.41, 5.74) is 1.93. The highest BCUT2D eigenvalue weighted by molar-refractivity contribution is 6.76. The van der Waals surface area contributed by atoms with Crippen LogP contribution in [-0.2, 0) is 11.5 Å². The Labute approximate surface area is 159 Å². The lowest BCUT2D eigenvalue weighted by molar-refractivity contribution is 0.0788. The molecule has 0 unspecified atom stereocenters. The average molecular weight is 390 g/mol. The van der Waals surface area contributed by atoms with Gasteiger partial charge in [-0.25, -0.2) is 9.67 Å². The number of aryl methyl sites for hydroxylation is 1. The van der Waals surface area contributed by atoms with Crippen molar-refractivity contribution in [3.8, 4) is 0 Å². The Bertz CT molecular complexity index is 906. The van der Waals surface area contributed by atoms with Gasteiger partial charge < -0.3 is 10.1 Å². The van der Waals surface area contributed by atoms with Gasteiger partial charge in [-0.2, -0.15) is 10.1 Å². The quantitative estimate of drug-likeness (QED) is 0.355. The number of ether oxygens (including phenoxy) is 1. The van der Waals surface area contributed by atoms with E-state index in [-0.39, 0.29) is 5.28 Å². The Kier molecular flexibility index (Phi) is 5.60. The fraction of sp³-hybridized carbons (Fsp3) is 0.389. The second-order valence-corrected chi connectivity index (χ2v) is 13.5. The maximum atomic E-state index is 6.05. The molecule has 0 spiro atoms. The third kappa shape index (κ3) is 5.03. The highest BCUT2D eigenvalue weighted by Crippen LogP contribution is 2.25. The van der Waals surface area contributed by atoms with Gasteiger partial charge in [0.15, 0.2) is 5.82 Å². The molecule has 0 amide bonds. The molecule has 0 radical (unpaired) electrons. The zero-order chi connectivity index (χ0) is 18.7. The third-order valence-electron chi connectivity index (χ3n) is 3.93. The predicted molar refractivity (Wildman–Crippen MR) is 109 cm³/mol. The van der Waals surface area contributed by atoms with Crippen molar-refractivity contribution in [2.45, 2.75) is 39.3 Å². The first-order valence-corrected chi connectivity index (χ1v) is 12.7. The lowest BCUT2D eigenvalue weighted by Crippen LogP contribution is -2.22. The lowest BCUT2D eigenvalue weighted by atomic mass is 10.1. The van der Waals surface area contributed by atoms with Crippen LogP contribution in [0.2, 0.25) is 31.0 Å². The smallest absolute Gasteiger partial charge is 0.224 e. The van der Waals surface area contributed by atoms with Gasteiger partial charge in [0.2, 0.25) is 5.28 Å². The zero-order valence-electron chi connectivity index (χ0n) is 15.6. The largest absolute Gasteiger partial charge is 0.360 e. The molecule has 8 heteroatoms. The topological polar surface area (TPSA) is 64.9 Å². The normalized spacial score (nSPS) is 11.9. The van der Waals surface area contributed by atoms with Crippen molar-refractivity contribution >= 4 is 42.2 Å². The van der Waals surface area contributed by atoms with Crippen LogP contribution in [0.3, 0.4) is 0 Å². The number of hydrogen-bond acceptors (Lipinski definition) is 5. The van der Waals surface area contributed by atoms with Gasteiger partial charge >= 0.3 is 0 Å². The molecular weight excluding hydrogens is 366 g/mol. The fourth-order valence-corrected chi connectivity index (χ4v) is 3.40. The standard InChI is InChI=1S/C18H24ClN5OSi/c1-13-5-6-15-14(11-13)17(22-18(19)20-15)21-16-7-8-24(23-16)12-25-9-10-26(2,3)4/h5-8,11H,9-10,12H2,1-4H3,(H,20,21,22,23). The molecule has 138 valence electrons. The number of anilines is 2. The third-order valence-corrected chi connectivity index (χ3v) is 5.80. The lowest BCUT2D eigenvalue weighted by Gasteiger charge is -2.15. The molecule has 0 aliphatic rings. The van der Waals surface area contributed by atoms with Gasteiger partial charge in [0.1, 0.15) is 12.5 Å². The highest BCUT2D eigenvalue weighted by atomic mass is 35.5. The number of hydrogen-bond donors (Lipinski definition) is 1. The van der Waals surface area contributed by atoms with E-state index in [1.807, 2.05) is 37.4 Å². The number of nitrogens with one attached hydrogen (secondary N) is 1. The molecule has 3 rings (SSSR count). The summed E-state index contributed by atoms with van der Waals surface area (Å²) in [6.07, 6.45) is 1.88. The first-order chi connectivity index (χ1) is 12.3. The number of benzene rings is 1. The minimum Gasteiger partial charge on any atom is -0.360 e. The molecule has 0 saturated carbocycles. The Morgan fingerprint density at radius 1 is 1.19 bits per heavy atom. The van der Waals surface area contributed by atoms with Crippen LogP contribution >= 0.6 is 11.6 Å². The summed E-state index contributed by atoms with van der Waals surface area (Å²) < 4.78 is 7.49. The average Bonchev–Trinajstić information content (AvgIpc) is 2.99. The van der Waals surface area contributed by atoms with E-state index in [0.29, 0.717) is 18.4 Å². The van der Waals surface area contributed by atoms with Gasteiger partial charge in [0.25, 0.3) is 0 Å². The van der Waals surface area contributed by atoms with Crippen LogP contribution in [0.1, 0.15) is 5.56 Å². The highest BCUT2D eigenvalue weighted by Gasteiger charge is 2.12. The Morgan fingerprint density at radius 2 is 2.00 bits per heavy atom. The van der Waals surface area contributed by atoms with Crippen LogP contribution in [0.4, 0.5) is 11.6 Å². The number of rotatable bonds is 7. The van der Waals surface area contributed by atoms with Crippen molar-refractivity contribution in [3.05, 3.63) is 41.3 Å². The molecule has 0 atom stereocenters. The number of halogens is 1. The first-order valence-electron chi connectivity index (χ1n) is 8.62. The molecular formula is C18H24ClN5OSi. The Morgan fingerprint density at radius 3 is 2.77 bits per heavy atom. The monoisotopic (exact) mass is 389 g/mol. The van der Waals surface area contributed by atoms with Crippen molar-refractivity contribution in [1.29, 1.82) is 0 Å². The molecule has 2 heterocycles. The summed E-state index contributed by atoms with van der Waals surface area (Å²) in [5, 5.41) is 8.84. The molecule has 2 aromatic heterocycles. The van der Waals surface area contributed by atoms with Crippen LogP contribution in [0, 0.1) is 6.92 Å². The van der Waals surface area contributed by atoms with Crippen LogP contribution in [0.5, 0.6) is 0 Å². The zero-order valence-corrected chi connectivity index (χ0v) is 17.3. The Balaban J connectivity index is 1.69. The molecule has 0 saturated heterocycles. The molecule has 1 N–H and O–H groups in total. The molecule has 3 aromatic rings. The van der Waals surface area contributed by atoms with Gasteiger partial charge in [-0.1, -0.05) is 31.3 Å². The molecule has 0 aliphatic heterocycles. The number of aromatic nitrogens is 4. The predicted octanol–water partition coefficient (Wildman–Crippen LogP) is 4.84. The molecule has 0 fully saturated rings. The van der Waals surface area contributed by atoms with Crippen LogP contribution in [0.25, 0.3) is 10.9 Å². The van der Waals surface area contributed by atoms with E-state index >= 15 is 0 Å². The van der Waals surface area contributed by atoms with E-state index in [0.717, 1.165) is 29.1 Å². The summed E-state index contributed by atoms with van der Waals surface area (Å²) in [6.45, 7) is 10.3. The molecule has 6 nitrogen and oxygen atoms in total. The fourth-order valence-electron chi connectivity index (χ4n) is 2.47. The molecule has 0 aliphatic carbocycles. The van der Waals surface area contributed by atoms with Crippen molar-refractivity contribution < 1.29 is 4.74 Å². The van der Waals surface area contributed by atoms with E-state index in [1.165, 1.54) is 0 Å². The van der Waals surface area contributed by atoms with Crippen molar-refractivity contribution in [3.63, 3.8) is 0 Å². The summed E-state index contributed by atoms with van der Waals surface area (Å²) in [7, 11) is -1.07. The summed E-state index contributed by atoms with van der Waals surface area (Å²) in [6, 6.07) is 9.00. The summed E-state index contributed by atoms with van der Waals surface area (Å²) in [4.78, 5) is 8.58. The summed E-state index contributed by atoms with van der Waals surface area (Å²) in [5.74, 6) is 1.34. The van der Waals surface area contributed by atoms with Gasteiger partial charge in [0, 0.05) is 32.3 Å². The van der Waals surface area contributed by atoms with Gasteiger partial charge in [-0.3, -0.25) is 0 Å². The van der Waals surface area contributed by atoms with Crippen LogP contribution in [-0.4, -0.2) is 34.4 Å². The molecule has 0 bridgehead atoms. The number of nitrogens with zero attached hydrogens (tertiary/aromatic N) is 4. The first kappa shape index (κ1) is 18.8. The molecule has 1 aromatic carbocycles. The van der Waals surface area contributed by atoms with E-state index < -0.39 is 8.07 Å². The molecule has 26 heavy (non-hydrogen) atoms. The van der Waals surface area contributed by atoms with Crippen LogP contribution < -0.4 is 5.32 Å². The second kappa shape index (κ2) is 7.73. The maximum Gasteiger partial charge on any atom is 0.224 e. The van der Waals surface area contributed by atoms with Gasteiger partial charge in [0.05, 0.1) is 5.52 Å². The summed E-state index contributed by atoms with van der Waals surface area (Å²) >= 11 is 6.05. The minimum absolute atomic E-state index is 0.206. The number of fused-ring (bicyclic) bond motifs is 1.